The Kier molecular flexibility index (Phi) is 5.37. The van der Waals surface area contributed by atoms with Crippen molar-refractivity contribution >= 4 is 12.0 Å². The molecule has 22 heavy (non-hydrogen) atoms. The molecule has 116 valence electrons. The minimum Gasteiger partial charge on any atom is -0.465 e. The first-order valence-corrected chi connectivity index (χ1v) is 7.36. The second-order valence-electron chi connectivity index (χ2n) is 5.43. The summed E-state index contributed by atoms with van der Waals surface area (Å²) in [6.45, 7) is 0. The summed E-state index contributed by atoms with van der Waals surface area (Å²) in [5.41, 5.74) is 0.719. The second-order valence-corrected chi connectivity index (χ2v) is 5.43. The van der Waals surface area contributed by atoms with Crippen LogP contribution in [0.1, 0.15) is 37.3 Å². The van der Waals surface area contributed by atoms with Crippen molar-refractivity contribution < 1.29 is 14.7 Å². The van der Waals surface area contributed by atoms with Crippen molar-refractivity contribution in [2.24, 2.45) is 5.92 Å². The van der Waals surface area contributed by atoms with Gasteiger partial charge in [-0.2, -0.15) is 5.26 Å². The lowest BCUT2D eigenvalue weighted by atomic mass is 9.83. The maximum Gasteiger partial charge on any atom is 0.404 e. The molecule has 3 unspecified atom stereocenters. The fourth-order valence-corrected chi connectivity index (χ4v) is 2.86. The van der Waals surface area contributed by atoms with Crippen LogP contribution in [0.15, 0.2) is 30.3 Å². The molecule has 3 N–H and O–H groups in total. The van der Waals surface area contributed by atoms with E-state index in [1.165, 1.54) is 0 Å². The van der Waals surface area contributed by atoms with Gasteiger partial charge in [0.1, 0.15) is 6.04 Å². The van der Waals surface area contributed by atoms with Crippen LogP contribution >= 0.6 is 0 Å². The number of nitrogens with one attached hydrogen (secondary N) is 2. The molecule has 0 bridgehead atoms. The third-order valence-corrected chi connectivity index (χ3v) is 3.96. The number of nitriles is 1. The summed E-state index contributed by atoms with van der Waals surface area (Å²) in [4.78, 5) is 23.3. The zero-order valence-electron chi connectivity index (χ0n) is 12.2. The van der Waals surface area contributed by atoms with E-state index in [2.05, 4.69) is 16.7 Å². The average Bonchev–Trinajstić information content (AvgIpc) is 2.53. The highest BCUT2D eigenvalue weighted by molar-refractivity contribution is 5.81. The predicted octanol–water partition coefficient (Wildman–Crippen LogP) is 2.19. The summed E-state index contributed by atoms with van der Waals surface area (Å²) >= 11 is 0. The van der Waals surface area contributed by atoms with Crippen molar-refractivity contribution in [1.82, 2.24) is 10.6 Å². The highest BCUT2D eigenvalue weighted by Crippen LogP contribution is 2.25. The number of hydrogen-bond donors (Lipinski definition) is 3. The Hall–Kier alpha value is -2.55. The molecule has 6 nitrogen and oxygen atoms in total. The molecule has 0 radical (unpaired) electrons. The summed E-state index contributed by atoms with van der Waals surface area (Å²) in [7, 11) is 0. The molecule has 0 spiro atoms. The van der Waals surface area contributed by atoms with Gasteiger partial charge in [-0.1, -0.05) is 43.2 Å². The van der Waals surface area contributed by atoms with Gasteiger partial charge in [0, 0.05) is 6.04 Å². The van der Waals surface area contributed by atoms with E-state index in [1.54, 1.807) is 24.3 Å². The first-order valence-electron chi connectivity index (χ1n) is 7.36. The number of benzene rings is 1. The smallest absolute Gasteiger partial charge is 0.404 e. The molecule has 0 saturated heterocycles. The monoisotopic (exact) mass is 301 g/mol. The van der Waals surface area contributed by atoms with Crippen molar-refractivity contribution in [1.29, 1.82) is 5.26 Å². The topological polar surface area (TPSA) is 102 Å². The van der Waals surface area contributed by atoms with Crippen LogP contribution in [0.2, 0.25) is 0 Å². The maximum absolute atomic E-state index is 12.4. The van der Waals surface area contributed by atoms with Crippen LogP contribution in [0.3, 0.4) is 0 Å². The Morgan fingerprint density at radius 1 is 1.23 bits per heavy atom. The minimum absolute atomic E-state index is 0.270. The Morgan fingerprint density at radius 2 is 1.91 bits per heavy atom. The first kappa shape index (κ1) is 15.8. The zero-order valence-corrected chi connectivity index (χ0v) is 12.2. The number of carbonyl (C=O) groups excluding carboxylic acids is 1. The molecule has 1 fully saturated rings. The number of carbonyl (C=O) groups is 2. The second kappa shape index (κ2) is 7.46. The van der Waals surface area contributed by atoms with Crippen molar-refractivity contribution in [2.45, 2.75) is 37.8 Å². The lowest BCUT2D eigenvalue weighted by Crippen LogP contribution is -2.48. The van der Waals surface area contributed by atoms with E-state index < -0.39 is 18.1 Å². The van der Waals surface area contributed by atoms with Crippen LogP contribution in [0, 0.1) is 17.2 Å². The van der Waals surface area contributed by atoms with E-state index in [4.69, 9.17) is 5.11 Å². The van der Waals surface area contributed by atoms with Crippen molar-refractivity contribution in [2.75, 3.05) is 0 Å². The number of hydrogen-bond acceptors (Lipinski definition) is 3. The SMILES string of the molecule is N#CC(NC(=O)C1CCCCC1NC(=O)O)c1ccccc1. The van der Waals surface area contributed by atoms with Crippen LogP contribution in [0.5, 0.6) is 0 Å². The van der Waals surface area contributed by atoms with E-state index in [9.17, 15) is 14.9 Å². The molecule has 1 aliphatic rings. The summed E-state index contributed by atoms with van der Waals surface area (Å²) in [6.07, 6.45) is 1.94. The van der Waals surface area contributed by atoms with Crippen molar-refractivity contribution in [3.8, 4) is 6.07 Å². The van der Waals surface area contributed by atoms with Gasteiger partial charge >= 0.3 is 6.09 Å². The standard InChI is InChI=1S/C16H19N3O3/c17-10-14(11-6-2-1-3-7-11)18-15(20)12-8-4-5-9-13(12)19-16(21)22/h1-3,6-7,12-14,19H,4-5,8-9H2,(H,18,20)(H,21,22). The summed E-state index contributed by atoms with van der Waals surface area (Å²) < 4.78 is 0. The van der Waals surface area contributed by atoms with Gasteiger partial charge in [-0.3, -0.25) is 4.79 Å². The number of rotatable bonds is 4. The molecule has 1 aromatic rings. The lowest BCUT2D eigenvalue weighted by Gasteiger charge is -2.30. The number of amides is 2. The molecule has 6 heteroatoms. The van der Waals surface area contributed by atoms with Gasteiger partial charge in [-0.05, 0) is 18.4 Å². The van der Waals surface area contributed by atoms with Gasteiger partial charge in [-0.15, -0.1) is 0 Å². The van der Waals surface area contributed by atoms with Crippen LogP contribution < -0.4 is 10.6 Å². The third kappa shape index (κ3) is 3.98. The quantitative estimate of drug-likeness (QED) is 0.793. The molecule has 1 aliphatic carbocycles. The fourth-order valence-electron chi connectivity index (χ4n) is 2.86. The number of carboxylic acid groups (broad SMARTS) is 1. The zero-order chi connectivity index (χ0) is 15.9. The summed E-state index contributed by atoms with van der Waals surface area (Å²) in [6, 6.07) is 9.98. The van der Waals surface area contributed by atoms with E-state index in [1.807, 2.05) is 6.07 Å². The van der Waals surface area contributed by atoms with Crippen LogP contribution in [-0.4, -0.2) is 23.1 Å². The lowest BCUT2D eigenvalue weighted by molar-refractivity contribution is -0.127. The van der Waals surface area contributed by atoms with E-state index in [0.717, 1.165) is 18.4 Å². The predicted molar refractivity (Wildman–Crippen MR) is 79.8 cm³/mol. The average molecular weight is 301 g/mol. The molecular weight excluding hydrogens is 282 g/mol. The maximum atomic E-state index is 12.4. The molecule has 0 aromatic heterocycles. The normalized spacial score (nSPS) is 22.1. The highest BCUT2D eigenvalue weighted by Gasteiger charge is 2.33. The summed E-state index contributed by atoms with van der Waals surface area (Å²) in [5, 5.41) is 23.3. The molecule has 2 rings (SSSR count). The highest BCUT2D eigenvalue weighted by atomic mass is 16.4. The molecule has 1 aromatic carbocycles. The van der Waals surface area contributed by atoms with Gasteiger partial charge in [0.05, 0.1) is 12.0 Å². The largest absolute Gasteiger partial charge is 0.465 e. The van der Waals surface area contributed by atoms with Crippen LogP contribution in [0.4, 0.5) is 4.79 Å². The first-order chi connectivity index (χ1) is 10.6. The Balaban J connectivity index is 2.05. The van der Waals surface area contributed by atoms with E-state index in [0.29, 0.717) is 12.8 Å². The third-order valence-electron chi connectivity index (χ3n) is 3.96. The van der Waals surface area contributed by atoms with E-state index in [-0.39, 0.29) is 11.9 Å². The van der Waals surface area contributed by atoms with Crippen LogP contribution in [-0.2, 0) is 4.79 Å². The van der Waals surface area contributed by atoms with Crippen molar-refractivity contribution in [3.05, 3.63) is 35.9 Å². The van der Waals surface area contributed by atoms with Gasteiger partial charge in [0.25, 0.3) is 0 Å². The Bertz CT molecular complexity index is 568. The molecule has 1 saturated carbocycles. The van der Waals surface area contributed by atoms with Crippen molar-refractivity contribution in [3.63, 3.8) is 0 Å². The molecule has 0 heterocycles. The molecular formula is C16H19N3O3. The van der Waals surface area contributed by atoms with E-state index >= 15 is 0 Å². The minimum atomic E-state index is -1.12. The Labute approximate surface area is 129 Å². The Morgan fingerprint density at radius 3 is 2.55 bits per heavy atom. The van der Waals surface area contributed by atoms with Gasteiger partial charge in [-0.25, -0.2) is 4.79 Å². The van der Waals surface area contributed by atoms with Crippen LogP contribution in [0.25, 0.3) is 0 Å². The fraction of sp³-hybridized carbons (Fsp3) is 0.438. The molecule has 2 amide bonds. The van der Waals surface area contributed by atoms with Gasteiger partial charge in [0.15, 0.2) is 0 Å². The summed E-state index contributed by atoms with van der Waals surface area (Å²) in [5.74, 6) is -0.696. The van der Waals surface area contributed by atoms with Gasteiger partial charge < -0.3 is 15.7 Å². The number of nitrogens with zero attached hydrogens (tertiary/aromatic N) is 1. The van der Waals surface area contributed by atoms with Gasteiger partial charge in [0.2, 0.25) is 5.91 Å². The molecule has 3 atom stereocenters. The molecule has 0 aliphatic heterocycles.